The van der Waals surface area contributed by atoms with Crippen molar-refractivity contribution in [2.75, 3.05) is 6.54 Å². The molecule has 0 fully saturated rings. The maximum atomic E-state index is 6.31. The first-order chi connectivity index (χ1) is 10.2. The van der Waals surface area contributed by atoms with E-state index in [1.165, 1.54) is 0 Å². The standard InChI is InChI=1S/C17H21ClN2O/c1-4-15-16(10-9-12(3)20-15)21-17-13(11-19-5-2)7-6-8-14(17)18/h6-10,19H,4-5,11H2,1-3H3. The molecule has 1 N–H and O–H groups in total. The second-order valence-electron chi connectivity index (χ2n) is 4.86. The van der Waals surface area contributed by atoms with Gasteiger partial charge in [-0.3, -0.25) is 4.98 Å². The van der Waals surface area contributed by atoms with Crippen molar-refractivity contribution in [3.05, 3.63) is 52.3 Å². The van der Waals surface area contributed by atoms with Gasteiger partial charge >= 0.3 is 0 Å². The van der Waals surface area contributed by atoms with Crippen LogP contribution in [0.15, 0.2) is 30.3 Å². The highest BCUT2D eigenvalue weighted by Gasteiger charge is 2.12. The first-order valence-electron chi connectivity index (χ1n) is 7.28. The zero-order valence-corrected chi connectivity index (χ0v) is 13.5. The number of ether oxygens (including phenoxy) is 1. The molecule has 0 atom stereocenters. The lowest BCUT2D eigenvalue weighted by molar-refractivity contribution is 0.464. The van der Waals surface area contributed by atoms with Crippen LogP contribution >= 0.6 is 11.6 Å². The Hall–Kier alpha value is -1.58. The van der Waals surface area contributed by atoms with E-state index >= 15 is 0 Å². The van der Waals surface area contributed by atoms with Gasteiger partial charge in [0.2, 0.25) is 0 Å². The first-order valence-corrected chi connectivity index (χ1v) is 7.66. The summed E-state index contributed by atoms with van der Waals surface area (Å²) in [4.78, 5) is 4.53. The largest absolute Gasteiger partial charge is 0.454 e. The van der Waals surface area contributed by atoms with Crippen LogP contribution in [0.4, 0.5) is 0 Å². The van der Waals surface area contributed by atoms with E-state index in [0.717, 1.165) is 42.2 Å². The molecule has 0 aliphatic heterocycles. The van der Waals surface area contributed by atoms with Gasteiger partial charge < -0.3 is 10.1 Å². The molecule has 2 aromatic rings. The quantitative estimate of drug-likeness (QED) is 0.852. The Morgan fingerprint density at radius 2 is 2.00 bits per heavy atom. The number of para-hydroxylation sites is 1. The van der Waals surface area contributed by atoms with Gasteiger partial charge in [-0.1, -0.05) is 37.6 Å². The van der Waals surface area contributed by atoms with E-state index in [9.17, 15) is 0 Å². The summed E-state index contributed by atoms with van der Waals surface area (Å²) in [5, 5.41) is 3.92. The number of benzene rings is 1. The van der Waals surface area contributed by atoms with Crippen molar-refractivity contribution < 1.29 is 4.74 Å². The zero-order chi connectivity index (χ0) is 15.2. The molecule has 0 aliphatic carbocycles. The monoisotopic (exact) mass is 304 g/mol. The minimum Gasteiger partial charge on any atom is -0.454 e. The number of pyridine rings is 1. The van der Waals surface area contributed by atoms with Crippen molar-refractivity contribution in [3.8, 4) is 11.5 Å². The summed E-state index contributed by atoms with van der Waals surface area (Å²) in [6.07, 6.45) is 0.823. The van der Waals surface area contributed by atoms with E-state index in [0.29, 0.717) is 10.8 Å². The lowest BCUT2D eigenvalue weighted by atomic mass is 10.2. The maximum absolute atomic E-state index is 6.31. The Kier molecular flexibility index (Phi) is 5.59. The van der Waals surface area contributed by atoms with Gasteiger partial charge in [-0.15, -0.1) is 0 Å². The Labute approximate surface area is 131 Å². The second-order valence-corrected chi connectivity index (χ2v) is 5.27. The molecule has 0 saturated carbocycles. The molecule has 0 amide bonds. The van der Waals surface area contributed by atoms with E-state index in [1.54, 1.807) is 0 Å². The molecule has 2 rings (SSSR count). The molecule has 0 saturated heterocycles. The van der Waals surface area contributed by atoms with Crippen LogP contribution in [-0.4, -0.2) is 11.5 Å². The summed E-state index contributed by atoms with van der Waals surface area (Å²) >= 11 is 6.31. The Morgan fingerprint density at radius 1 is 1.19 bits per heavy atom. The highest BCUT2D eigenvalue weighted by molar-refractivity contribution is 6.32. The smallest absolute Gasteiger partial charge is 0.150 e. The second kappa shape index (κ2) is 7.43. The topological polar surface area (TPSA) is 34.1 Å². The summed E-state index contributed by atoms with van der Waals surface area (Å²) in [6, 6.07) is 9.73. The van der Waals surface area contributed by atoms with Crippen LogP contribution < -0.4 is 10.1 Å². The van der Waals surface area contributed by atoms with Gasteiger partial charge in [-0.25, -0.2) is 0 Å². The predicted molar refractivity (Wildman–Crippen MR) is 87.3 cm³/mol. The van der Waals surface area contributed by atoms with E-state index in [2.05, 4.69) is 24.1 Å². The normalized spacial score (nSPS) is 10.7. The lowest BCUT2D eigenvalue weighted by Gasteiger charge is -2.15. The summed E-state index contributed by atoms with van der Waals surface area (Å²) in [5.74, 6) is 1.48. The van der Waals surface area contributed by atoms with Crippen LogP contribution in [0.3, 0.4) is 0 Å². The summed E-state index contributed by atoms with van der Waals surface area (Å²) in [6.45, 7) is 7.76. The number of nitrogens with zero attached hydrogens (tertiary/aromatic N) is 1. The van der Waals surface area contributed by atoms with E-state index < -0.39 is 0 Å². The van der Waals surface area contributed by atoms with Crippen molar-refractivity contribution in [2.24, 2.45) is 0 Å². The Morgan fingerprint density at radius 3 is 2.71 bits per heavy atom. The summed E-state index contributed by atoms with van der Waals surface area (Å²) in [7, 11) is 0. The van der Waals surface area contributed by atoms with E-state index in [-0.39, 0.29) is 0 Å². The van der Waals surface area contributed by atoms with Gasteiger partial charge in [0, 0.05) is 17.8 Å². The number of nitrogens with one attached hydrogen (secondary N) is 1. The Bertz CT molecular complexity index is 614. The van der Waals surface area contributed by atoms with Crippen LogP contribution in [-0.2, 0) is 13.0 Å². The summed E-state index contributed by atoms with van der Waals surface area (Å²) in [5.41, 5.74) is 2.99. The highest BCUT2D eigenvalue weighted by Crippen LogP contribution is 2.34. The number of hydrogen-bond acceptors (Lipinski definition) is 3. The van der Waals surface area contributed by atoms with Crippen LogP contribution in [0.5, 0.6) is 11.5 Å². The van der Waals surface area contributed by atoms with Crippen LogP contribution in [0.2, 0.25) is 5.02 Å². The average molecular weight is 305 g/mol. The Balaban J connectivity index is 2.34. The third-order valence-corrected chi connectivity index (χ3v) is 3.53. The molecular weight excluding hydrogens is 284 g/mol. The fourth-order valence-corrected chi connectivity index (χ4v) is 2.35. The third-order valence-electron chi connectivity index (χ3n) is 3.23. The number of halogens is 1. The fraction of sp³-hybridized carbons (Fsp3) is 0.353. The van der Waals surface area contributed by atoms with E-state index in [4.69, 9.17) is 16.3 Å². The molecule has 112 valence electrons. The van der Waals surface area contributed by atoms with Gasteiger partial charge in [0.05, 0.1) is 10.7 Å². The molecule has 3 nitrogen and oxygen atoms in total. The molecular formula is C17H21ClN2O. The molecule has 4 heteroatoms. The number of aromatic nitrogens is 1. The first kappa shape index (κ1) is 15.8. The molecule has 1 aromatic carbocycles. The zero-order valence-electron chi connectivity index (χ0n) is 12.7. The maximum Gasteiger partial charge on any atom is 0.150 e. The molecule has 21 heavy (non-hydrogen) atoms. The average Bonchev–Trinajstić information content (AvgIpc) is 2.49. The minimum absolute atomic E-state index is 0.619. The van der Waals surface area contributed by atoms with Crippen molar-refractivity contribution in [1.82, 2.24) is 10.3 Å². The van der Waals surface area contributed by atoms with Crippen molar-refractivity contribution in [1.29, 1.82) is 0 Å². The highest BCUT2D eigenvalue weighted by atomic mass is 35.5. The minimum atomic E-state index is 0.619. The van der Waals surface area contributed by atoms with Crippen molar-refractivity contribution in [3.63, 3.8) is 0 Å². The SMILES string of the molecule is CCNCc1cccc(Cl)c1Oc1ccc(C)nc1CC. The van der Waals surface area contributed by atoms with Gasteiger partial charge in [0.25, 0.3) is 0 Å². The third kappa shape index (κ3) is 3.96. The van der Waals surface area contributed by atoms with E-state index in [1.807, 2.05) is 37.3 Å². The van der Waals surface area contributed by atoms with Gasteiger partial charge in [0.1, 0.15) is 5.75 Å². The van der Waals surface area contributed by atoms with Crippen molar-refractivity contribution in [2.45, 2.75) is 33.7 Å². The van der Waals surface area contributed by atoms with Crippen molar-refractivity contribution >= 4 is 11.6 Å². The fourth-order valence-electron chi connectivity index (χ4n) is 2.12. The van der Waals surface area contributed by atoms with Crippen LogP contribution in [0.1, 0.15) is 30.8 Å². The van der Waals surface area contributed by atoms with Crippen LogP contribution in [0.25, 0.3) is 0 Å². The molecule has 0 radical (unpaired) electrons. The van der Waals surface area contributed by atoms with Gasteiger partial charge in [-0.05, 0) is 38.1 Å². The molecule has 0 spiro atoms. The number of aryl methyl sites for hydroxylation is 2. The van der Waals surface area contributed by atoms with Gasteiger partial charge in [-0.2, -0.15) is 0 Å². The number of rotatable bonds is 6. The number of hydrogen-bond donors (Lipinski definition) is 1. The molecule has 0 aliphatic rings. The molecule has 1 aromatic heterocycles. The lowest BCUT2D eigenvalue weighted by Crippen LogP contribution is -2.12. The summed E-state index contributed by atoms with van der Waals surface area (Å²) < 4.78 is 6.08. The van der Waals surface area contributed by atoms with Crippen LogP contribution in [0, 0.1) is 6.92 Å². The molecule has 0 unspecified atom stereocenters. The molecule has 1 heterocycles. The predicted octanol–water partition coefficient (Wildman–Crippen LogP) is 4.51. The molecule has 0 bridgehead atoms. The van der Waals surface area contributed by atoms with Gasteiger partial charge in [0.15, 0.2) is 5.75 Å².